The third kappa shape index (κ3) is 7.66. The van der Waals surface area contributed by atoms with Gasteiger partial charge >= 0.3 is 11.9 Å². The maximum Gasteiger partial charge on any atom is 0.342 e. The number of carbonyl (C=O) groups excluding carboxylic acids is 2. The zero-order valence-corrected chi connectivity index (χ0v) is 19.3. The van der Waals surface area contributed by atoms with Crippen molar-refractivity contribution >= 4 is 57.1 Å². The fraction of sp³-hybridized carbons (Fsp3) is 0.556. The number of carbonyl (C=O) groups is 2. The SMILES string of the molecule is CCCC(CCC)COc1c(I)cc(I)cc1C(=O)OCC(F)(F)C(=O)[O-]. The van der Waals surface area contributed by atoms with Crippen molar-refractivity contribution in [2.24, 2.45) is 5.92 Å². The van der Waals surface area contributed by atoms with Crippen LogP contribution in [0.1, 0.15) is 49.9 Å². The van der Waals surface area contributed by atoms with Gasteiger partial charge in [0.25, 0.3) is 0 Å². The van der Waals surface area contributed by atoms with Gasteiger partial charge < -0.3 is 19.4 Å². The molecule has 0 aliphatic heterocycles. The van der Waals surface area contributed by atoms with Crippen LogP contribution in [-0.4, -0.2) is 31.1 Å². The number of ether oxygens (including phenoxy) is 2. The van der Waals surface area contributed by atoms with E-state index in [9.17, 15) is 23.5 Å². The predicted molar refractivity (Wildman–Crippen MR) is 111 cm³/mol. The first-order chi connectivity index (χ1) is 12.6. The van der Waals surface area contributed by atoms with Crippen LogP contribution in [0.2, 0.25) is 0 Å². The van der Waals surface area contributed by atoms with E-state index in [1.54, 1.807) is 6.07 Å². The van der Waals surface area contributed by atoms with E-state index in [2.05, 4.69) is 18.6 Å². The number of esters is 1. The fourth-order valence-electron chi connectivity index (χ4n) is 2.48. The molecular formula is C18H21F2I2O5-. The first kappa shape index (κ1) is 24.3. The molecule has 0 unspecified atom stereocenters. The van der Waals surface area contributed by atoms with Crippen molar-refractivity contribution in [1.82, 2.24) is 0 Å². The molecule has 0 spiro atoms. The summed E-state index contributed by atoms with van der Waals surface area (Å²) in [5, 5.41) is 10.4. The lowest BCUT2D eigenvalue weighted by Crippen LogP contribution is -2.45. The number of halogens is 4. The van der Waals surface area contributed by atoms with E-state index in [0.29, 0.717) is 19.7 Å². The number of carboxylic acid groups (broad SMARTS) is 1. The maximum absolute atomic E-state index is 13.1. The first-order valence-corrected chi connectivity index (χ1v) is 10.7. The molecule has 0 amide bonds. The summed E-state index contributed by atoms with van der Waals surface area (Å²) in [6.45, 7) is 2.97. The molecule has 0 atom stereocenters. The normalized spacial score (nSPS) is 11.5. The zero-order chi connectivity index (χ0) is 20.6. The molecule has 1 rings (SSSR count). The maximum atomic E-state index is 13.1. The molecule has 1 aromatic rings. The van der Waals surface area contributed by atoms with Crippen molar-refractivity contribution in [3.8, 4) is 5.75 Å². The van der Waals surface area contributed by atoms with Gasteiger partial charge in [-0.15, -0.1) is 0 Å². The topological polar surface area (TPSA) is 75.7 Å². The third-order valence-electron chi connectivity index (χ3n) is 3.77. The van der Waals surface area contributed by atoms with Gasteiger partial charge in [0.15, 0.2) is 6.61 Å². The Morgan fingerprint density at radius 2 is 1.78 bits per heavy atom. The van der Waals surface area contributed by atoms with Crippen LogP contribution in [-0.2, 0) is 9.53 Å². The standard InChI is InChI=1S/C18H22F2I2O5/c1-3-5-11(6-4-2)9-26-15-13(7-12(21)8-14(15)22)16(23)27-10-18(19,20)17(24)25/h7-8,11H,3-6,9-10H2,1-2H3,(H,24,25)/p-1. The number of alkyl halides is 2. The molecule has 27 heavy (non-hydrogen) atoms. The molecule has 0 saturated heterocycles. The van der Waals surface area contributed by atoms with Crippen molar-refractivity contribution in [2.45, 2.75) is 45.5 Å². The summed E-state index contributed by atoms with van der Waals surface area (Å²) in [5.41, 5.74) is -0.00723. The van der Waals surface area contributed by atoms with Gasteiger partial charge in [0, 0.05) is 3.57 Å². The van der Waals surface area contributed by atoms with E-state index in [-0.39, 0.29) is 11.3 Å². The van der Waals surface area contributed by atoms with Crippen LogP contribution in [0.3, 0.4) is 0 Å². The number of carboxylic acids is 1. The van der Waals surface area contributed by atoms with Gasteiger partial charge in [0.1, 0.15) is 17.3 Å². The average molecular weight is 609 g/mol. The Hall–Kier alpha value is -0.720. The molecule has 0 fully saturated rings. The van der Waals surface area contributed by atoms with E-state index < -0.39 is 24.5 Å². The molecule has 0 aliphatic carbocycles. The summed E-state index contributed by atoms with van der Waals surface area (Å²) in [6.07, 6.45) is 3.97. The zero-order valence-electron chi connectivity index (χ0n) is 15.0. The number of hydrogen-bond donors (Lipinski definition) is 0. The van der Waals surface area contributed by atoms with Gasteiger partial charge in [-0.25, -0.2) is 4.79 Å². The molecular weight excluding hydrogens is 588 g/mol. The second-order valence-electron chi connectivity index (χ2n) is 6.09. The highest BCUT2D eigenvalue weighted by atomic mass is 127. The molecule has 0 aliphatic rings. The lowest BCUT2D eigenvalue weighted by atomic mass is 9.99. The van der Waals surface area contributed by atoms with Crippen LogP contribution < -0.4 is 9.84 Å². The van der Waals surface area contributed by atoms with Crippen molar-refractivity contribution in [1.29, 1.82) is 0 Å². The summed E-state index contributed by atoms with van der Waals surface area (Å²) in [4.78, 5) is 22.6. The minimum Gasteiger partial charge on any atom is -0.544 e. The van der Waals surface area contributed by atoms with Crippen LogP contribution in [0.15, 0.2) is 12.1 Å². The number of aliphatic carboxylic acids is 1. The van der Waals surface area contributed by atoms with Gasteiger partial charge in [-0.3, -0.25) is 0 Å². The fourth-order valence-corrected chi connectivity index (χ4v) is 4.48. The van der Waals surface area contributed by atoms with Crippen molar-refractivity contribution in [2.75, 3.05) is 13.2 Å². The highest BCUT2D eigenvalue weighted by Crippen LogP contribution is 2.30. The Balaban J connectivity index is 2.99. The van der Waals surface area contributed by atoms with Gasteiger partial charge in [-0.1, -0.05) is 26.7 Å². The van der Waals surface area contributed by atoms with E-state index in [0.717, 1.165) is 25.7 Å². The minimum absolute atomic E-state index is 0.00723. The highest BCUT2D eigenvalue weighted by molar-refractivity contribution is 14.1. The summed E-state index contributed by atoms with van der Waals surface area (Å²) in [5.74, 6) is -7.33. The van der Waals surface area contributed by atoms with Gasteiger partial charge in [-0.2, -0.15) is 8.78 Å². The van der Waals surface area contributed by atoms with Crippen molar-refractivity contribution < 1.29 is 33.0 Å². The van der Waals surface area contributed by atoms with Crippen LogP contribution in [0, 0.1) is 13.1 Å². The average Bonchev–Trinajstić information content (AvgIpc) is 2.58. The minimum atomic E-state index is -4.25. The smallest absolute Gasteiger partial charge is 0.342 e. The number of benzene rings is 1. The van der Waals surface area contributed by atoms with E-state index in [4.69, 9.17) is 4.74 Å². The third-order valence-corrected chi connectivity index (χ3v) is 5.19. The van der Waals surface area contributed by atoms with Crippen molar-refractivity contribution in [3.63, 3.8) is 0 Å². The largest absolute Gasteiger partial charge is 0.544 e. The van der Waals surface area contributed by atoms with Gasteiger partial charge in [0.2, 0.25) is 0 Å². The van der Waals surface area contributed by atoms with E-state index in [1.807, 2.05) is 45.2 Å². The number of hydrogen-bond acceptors (Lipinski definition) is 5. The second-order valence-corrected chi connectivity index (χ2v) is 8.49. The molecule has 152 valence electrons. The molecule has 0 radical (unpaired) electrons. The molecule has 0 saturated carbocycles. The molecule has 5 nitrogen and oxygen atoms in total. The van der Waals surface area contributed by atoms with E-state index >= 15 is 0 Å². The van der Waals surface area contributed by atoms with Gasteiger partial charge in [0.05, 0.1) is 10.2 Å². The summed E-state index contributed by atoms with van der Waals surface area (Å²) in [7, 11) is 0. The molecule has 0 heterocycles. The second kappa shape index (κ2) is 11.3. The summed E-state index contributed by atoms with van der Waals surface area (Å²) in [6, 6.07) is 3.25. The van der Waals surface area contributed by atoms with Crippen LogP contribution in [0.5, 0.6) is 5.75 Å². The van der Waals surface area contributed by atoms with Crippen LogP contribution >= 0.6 is 45.2 Å². The highest BCUT2D eigenvalue weighted by Gasteiger charge is 2.33. The monoisotopic (exact) mass is 609 g/mol. The molecule has 0 bridgehead atoms. The quantitative estimate of drug-likeness (QED) is 0.280. The Kier molecular flexibility index (Phi) is 10.2. The Morgan fingerprint density at radius 3 is 2.30 bits per heavy atom. The molecule has 0 N–H and O–H groups in total. The summed E-state index contributed by atoms with van der Waals surface area (Å²) < 4.78 is 38.0. The Morgan fingerprint density at radius 1 is 1.19 bits per heavy atom. The Labute approximate surface area is 184 Å². The molecule has 0 aromatic heterocycles. The first-order valence-electron chi connectivity index (χ1n) is 8.50. The number of rotatable bonds is 11. The van der Waals surface area contributed by atoms with E-state index in [1.165, 1.54) is 6.07 Å². The Bertz CT molecular complexity index is 661. The lowest BCUT2D eigenvalue weighted by Gasteiger charge is -2.20. The van der Waals surface area contributed by atoms with Crippen molar-refractivity contribution in [3.05, 3.63) is 24.8 Å². The molecule has 1 aromatic carbocycles. The predicted octanol–water partition coefficient (Wildman–Crippen LogP) is 4.03. The van der Waals surface area contributed by atoms with Gasteiger partial charge in [-0.05, 0) is 76.1 Å². The lowest BCUT2D eigenvalue weighted by molar-refractivity contribution is -0.331. The van der Waals surface area contributed by atoms with Crippen LogP contribution in [0.4, 0.5) is 8.78 Å². The summed E-state index contributed by atoms with van der Waals surface area (Å²) >= 11 is 3.98. The molecule has 9 heteroatoms. The van der Waals surface area contributed by atoms with Crippen LogP contribution in [0.25, 0.3) is 0 Å².